The van der Waals surface area contributed by atoms with Gasteiger partial charge in [-0.3, -0.25) is 14.3 Å². The zero-order valence-corrected chi connectivity index (χ0v) is 11.3. The van der Waals surface area contributed by atoms with Crippen molar-refractivity contribution >= 4 is 17.7 Å². The van der Waals surface area contributed by atoms with Gasteiger partial charge in [-0.2, -0.15) is 5.10 Å². The highest BCUT2D eigenvalue weighted by atomic mass is 16.5. The van der Waals surface area contributed by atoms with Gasteiger partial charge in [0.25, 0.3) is 0 Å². The van der Waals surface area contributed by atoms with Crippen molar-refractivity contribution < 1.29 is 19.1 Å². The van der Waals surface area contributed by atoms with Crippen LogP contribution in [0.15, 0.2) is 12.3 Å². The summed E-state index contributed by atoms with van der Waals surface area (Å²) in [6, 6.07) is 1.63. The number of nitrogens with two attached hydrogens (primary N) is 1. The molecular weight excluding hydrogens is 264 g/mol. The van der Waals surface area contributed by atoms with Gasteiger partial charge in [0.15, 0.2) is 0 Å². The van der Waals surface area contributed by atoms with Crippen LogP contribution in [0.25, 0.3) is 0 Å². The van der Waals surface area contributed by atoms with E-state index in [0.717, 1.165) is 0 Å². The minimum atomic E-state index is -0.343. The van der Waals surface area contributed by atoms with Crippen LogP contribution in [-0.2, 0) is 25.6 Å². The summed E-state index contributed by atoms with van der Waals surface area (Å²) in [7, 11) is 1.33. The zero-order chi connectivity index (χ0) is 14.5. The second kappa shape index (κ2) is 6.38. The summed E-state index contributed by atoms with van der Waals surface area (Å²) in [6.45, 7) is 1.43. The van der Waals surface area contributed by atoms with Crippen LogP contribution in [0, 0.1) is 0 Å². The van der Waals surface area contributed by atoms with E-state index < -0.39 is 0 Å². The quantitative estimate of drug-likeness (QED) is 0.730. The van der Waals surface area contributed by atoms with E-state index in [2.05, 4.69) is 9.84 Å². The first-order valence-electron chi connectivity index (χ1n) is 6.33. The van der Waals surface area contributed by atoms with E-state index in [0.29, 0.717) is 25.5 Å². The number of carbonyl (C=O) groups is 2. The van der Waals surface area contributed by atoms with Crippen LogP contribution in [0.5, 0.6) is 0 Å². The SMILES string of the molecule is COC(=O)CC1CN(C(=O)Cn2ccc(N)n2)CCO1. The summed E-state index contributed by atoms with van der Waals surface area (Å²) >= 11 is 0. The molecule has 2 N–H and O–H groups in total. The molecule has 1 aromatic rings. The van der Waals surface area contributed by atoms with Gasteiger partial charge in [0.1, 0.15) is 12.4 Å². The molecule has 0 aromatic carbocycles. The van der Waals surface area contributed by atoms with Gasteiger partial charge >= 0.3 is 5.97 Å². The Bertz CT molecular complexity index is 488. The van der Waals surface area contributed by atoms with Crippen molar-refractivity contribution in [2.24, 2.45) is 0 Å². The molecule has 2 rings (SSSR count). The van der Waals surface area contributed by atoms with Crippen molar-refractivity contribution in [3.8, 4) is 0 Å². The van der Waals surface area contributed by atoms with E-state index in [1.54, 1.807) is 17.2 Å². The van der Waals surface area contributed by atoms with Crippen molar-refractivity contribution in [3.05, 3.63) is 12.3 Å². The molecule has 0 bridgehead atoms. The number of esters is 1. The van der Waals surface area contributed by atoms with E-state index in [1.165, 1.54) is 11.8 Å². The first kappa shape index (κ1) is 14.3. The minimum Gasteiger partial charge on any atom is -0.469 e. The van der Waals surface area contributed by atoms with Crippen LogP contribution >= 0.6 is 0 Å². The largest absolute Gasteiger partial charge is 0.469 e. The van der Waals surface area contributed by atoms with Crippen LogP contribution in [0.3, 0.4) is 0 Å². The smallest absolute Gasteiger partial charge is 0.308 e. The average Bonchev–Trinajstić information content (AvgIpc) is 2.84. The highest BCUT2D eigenvalue weighted by Gasteiger charge is 2.26. The molecule has 0 radical (unpaired) electrons. The Labute approximate surface area is 116 Å². The lowest BCUT2D eigenvalue weighted by atomic mass is 10.2. The maximum Gasteiger partial charge on any atom is 0.308 e. The van der Waals surface area contributed by atoms with Crippen LogP contribution < -0.4 is 5.73 Å². The molecule has 1 fully saturated rings. The highest BCUT2D eigenvalue weighted by molar-refractivity contribution is 5.76. The summed E-state index contributed by atoms with van der Waals surface area (Å²) in [6.07, 6.45) is 1.48. The second-order valence-electron chi connectivity index (χ2n) is 4.55. The van der Waals surface area contributed by atoms with Crippen LogP contribution in [0.4, 0.5) is 5.82 Å². The average molecular weight is 282 g/mol. The molecule has 1 atom stereocenters. The summed E-state index contributed by atoms with van der Waals surface area (Å²) in [5, 5.41) is 3.97. The Morgan fingerprint density at radius 1 is 1.60 bits per heavy atom. The summed E-state index contributed by atoms with van der Waals surface area (Å²) < 4.78 is 11.5. The molecule has 1 aliphatic heterocycles. The molecule has 1 unspecified atom stereocenters. The van der Waals surface area contributed by atoms with Crippen LogP contribution in [0.1, 0.15) is 6.42 Å². The molecule has 1 aromatic heterocycles. The fourth-order valence-corrected chi connectivity index (χ4v) is 2.04. The maximum absolute atomic E-state index is 12.1. The third kappa shape index (κ3) is 3.70. The lowest BCUT2D eigenvalue weighted by Crippen LogP contribution is -2.47. The molecular formula is C12H18N4O4. The number of hydrogen-bond acceptors (Lipinski definition) is 6. The number of nitrogen functional groups attached to an aromatic ring is 1. The van der Waals surface area contributed by atoms with Crippen molar-refractivity contribution in [2.45, 2.75) is 19.1 Å². The van der Waals surface area contributed by atoms with Gasteiger partial charge < -0.3 is 20.1 Å². The van der Waals surface area contributed by atoms with Gasteiger partial charge in [-0.1, -0.05) is 0 Å². The molecule has 110 valence electrons. The molecule has 1 saturated heterocycles. The maximum atomic E-state index is 12.1. The number of amides is 1. The Hall–Kier alpha value is -2.09. The minimum absolute atomic E-state index is 0.0775. The number of morpholine rings is 1. The lowest BCUT2D eigenvalue weighted by molar-refractivity contribution is -0.150. The summed E-state index contributed by atoms with van der Waals surface area (Å²) in [5.41, 5.74) is 5.50. The first-order chi connectivity index (χ1) is 9.58. The molecule has 1 amide bonds. The number of carbonyl (C=O) groups excluding carboxylic acids is 2. The van der Waals surface area contributed by atoms with Crippen molar-refractivity contribution in [1.29, 1.82) is 0 Å². The predicted octanol–water partition coefficient (Wildman–Crippen LogP) is -0.744. The van der Waals surface area contributed by atoms with Crippen molar-refractivity contribution in [1.82, 2.24) is 14.7 Å². The van der Waals surface area contributed by atoms with Gasteiger partial charge in [-0.05, 0) is 6.07 Å². The third-order valence-electron chi connectivity index (χ3n) is 3.07. The van der Waals surface area contributed by atoms with Gasteiger partial charge in [0.05, 0.1) is 26.2 Å². The van der Waals surface area contributed by atoms with Gasteiger partial charge in [-0.25, -0.2) is 0 Å². The van der Waals surface area contributed by atoms with Gasteiger partial charge in [0.2, 0.25) is 5.91 Å². The highest BCUT2D eigenvalue weighted by Crippen LogP contribution is 2.10. The van der Waals surface area contributed by atoms with E-state index in [-0.39, 0.29) is 30.9 Å². The molecule has 20 heavy (non-hydrogen) atoms. The molecule has 0 aliphatic carbocycles. The fraction of sp³-hybridized carbons (Fsp3) is 0.583. The lowest BCUT2D eigenvalue weighted by Gasteiger charge is -2.32. The summed E-state index contributed by atoms with van der Waals surface area (Å²) in [4.78, 5) is 25.0. The zero-order valence-electron chi connectivity index (χ0n) is 11.3. The van der Waals surface area contributed by atoms with E-state index >= 15 is 0 Å². The van der Waals surface area contributed by atoms with Gasteiger partial charge in [0, 0.05) is 19.3 Å². The molecule has 8 heteroatoms. The van der Waals surface area contributed by atoms with Crippen molar-refractivity contribution in [2.75, 3.05) is 32.5 Å². The number of aromatic nitrogens is 2. The van der Waals surface area contributed by atoms with E-state index in [1.807, 2.05) is 0 Å². The number of hydrogen-bond donors (Lipinski definition) is 1. The standard InChI is InChI=1S/C12H18N4O4/c1-19-12(18)6-9-7-15(4-5-20-9)11(17)8-16-3-2-10(13)14-16/h2-3,9H,4-8H2,1H3,(H2,13,14). The molecule has 2 heterocycles. The Morgan fingerprint density at radius 2 is 2.40 bits per heavy atom. The Balaban J connectivity index is 1.88. The monoisotopic (exact) mass is 282 g/mol. The predicted molar refractivity (Wildman–Crippen MR) is 69.6 cm³/mol. The number of nitrogens with zero attached hydrogens (tertiary/aromatic N) is 3. The second-order valence-corrected chi connectivity index (χ2v) is 4.55. The Morgan fingerprint density at radius 3 is 3.05 bits per heavy atom. The Kier molecular flexibility index (Phi) is 4.57. The fourth-order valence-electron chi connectivity index (χ4n) is 2.04. The molecule has 1 aliphatic rings. The van der Waals surface area contributed by atoms with Crippen molar-refractivity contribution in [3.63, 3.8) is 0 Å². The molecule has 0 saturated carbocycles. The van der Waals surface area contributed by atoms with Crippen LogP contribution in [-0.4, -0.2) is 59.5 Å². The van der Waals surface area contributed by atoms with E-state index in [9.17, 15) is 9.59 Å². The number of ether oxygens (including phenoxy) is 2. The third-order valence-corrected chi connectivity index (χ3v) is 3.07. The topological polar surface area (TPSA) is 99.7 Å². The number of rotatable bonds is 4. The first-order valence-corrected chi connectivity index (χ1v) is 6.33. The molecule has 0 spiro atoms. The van der Waals surface area contributed by atoms with Gasteiger partial charge in [-0.15, -0.1) is 0 Å². The van der Waals surface area contributed by atoms with Crippen LogP contribution in [0.2, 0.25) is 0 Å². The molecule has 8 nitrogen and oxygen atoms in total. The summed E-state index contributed by atoms with van der Waals surface area (Å²) in [5.74, 6) is -0.0428. The van der Waals surface area contributed by atoms with E-state index in [4.69, 9.17) is 10.5 Å². The normalized spacial score (nSPS) is 18.9. The number of methoxy groups -OCH3 is 1. The number of anilines is 1.